The molecule has 0 spiro atoms. The van der Waals surface area contributed by atoms with Crippen molar-refractivity contribution in [2.45, 2.75) is 6.92 Å². The highest BCUT2D eigenvalue weighted by Crippen LogP contribution is 2.26. The van der Waals surface area contributed by atoms with Crippen molar-refractivity contribution in [3.05, 3.63) is 84.8 Å². The van der Waals surface area contributed by atoms with Crippen molar-refractivity contribution in [2.75, 3.05) is 26.6 Å². The lowest BCUT2D eigenvalue weighted by molar-refractivity contribution is -0.601. The van der Waals surface area contributed by atoms with Crippen molar-refractivity contribution in [3.63, 3.8) is 0 Å². The number of nitrogens with one attached hydrogen (secondary N) is 1. The minimum absolute atomic E-state index is 0.820. The number of hydrogen-bond acceptors (Lipinski definition) is 4. The molecule has 0 amide bonds. The van der Waals surface area contributed by atoms with E-state index in [0.29, 0.717) is 0 Å². The summed E-state index contributed by atoms with van der Waals surface area (Å²) >= 11 is 0. The van der Waals surface area contributed by atoms with Gasteiger partial charge in [0.25, 0.3) is 5.82 Å². The molecule has 0 saturated heterocycles. The van der Waals surface area contributed by atoms with Gasteiger partial charge in [-0.1, -0.05) is 0 Å². The van der Waals surface area contributed by atoms with Gasteiger partial charge in [0.2, 0.25) is 5.82 Å². The van der Waals surface area contributed by atoms with Crippen LogP contribution in [0.3, 0.4) is 0 Å². The van der Waals surface area contributed by atoms with E-state index in [2.05, 4.69) is 27.6 Å². The maximum absolute atomic E-state index is 5.33. The van der Waals surface area contributed by atoms with E-state index in [-0.39, 0.29) is 0 Å². The van der Waals surface area contributed by atoms with Gasteiger partial charge in [0, 0.05) is 12.6 Å². The van der Waals surface area contributed by atoms with E-state index >= 15 is 0 Å². The molecule has 31 heavy (non-hydrogen) atoms. The van der Waals surface area contributed by atoms with Crippen molar-refractivity contribution in [3.8, 4) is 28.6 Å². The van der Waals surface area contributed by atoms with Gasteiger partial charge in [-0.05, 0) is 72.8 Å². The molecule has 0 unspecified atom stereocenters. The average molecular weight is 417 g/mol. The van der Waals surface area contributed by atoms with E-state index in [1.54, 1.807) is 21.3 Å². The van der Waals surface area contributed by atoms with Crippen LogP contribution in [0.5, 0.6) is 17.2 Å². The standard InChI is InChI=1S/C25H26N3O3/c1-18-27(20-7-13-23(30-3)14-8-20)17-25(26-19-5-11-22(29-2)12-6-19)28(18)21-9-15-24(31-4)16-10-21/h5-17,26H,1-4H3/q+1. The monoisotopic (exact) mass is 416 g/mol. The molecule has 0 aliphatic carbocycles. The molecule has 0 radical (unpaired) electrons. The maximum atomic E-state index is 5.33. The van der Waals surface area contributed by atoms with Crippen LogP contribution in [0.1, 0.15) is 5.82 Å². The van der Waals surface area contributed by atoms with Crippen LogP contribution in [0.25, 0.3) is 11.4 Å². The van der Waals surface area contributed by atoms with Crippen LogP contribution < -0.4 is 24.1 Å². The fourth-order valence-electron chi connectivity index (χ4n) is 3.53. The lowest BCUT2D eigenvalue weighted by Crippen LogP contribution is -2.32. The van der Waals surface area contributed by atoms with Gasteiger partial charge in [-0.25, -0.2) is 0 Å². The maximum Gasteiger partial charge on any atom is 0.265 e. The van der Waals surface area contributed by atoms with Crippen molar-refractivity contribution < 1.29 is 18.8 Å². The van der Waals surface area contributed by atoms with Crippen LogP contribution in [-0.2, 0) is 0 Å². The van der Waals surface area contributed by atoms with Crippen LogP contribution in [0.15, 0.2) is 79.0 Å². The molecule has 1 heterocycles. The van der Waals surface area contributed by atoms with Gasteiger partial charge in [-0.3, -0.25) is 0 Å². The Morgan fingerprint density at radius 3 is 1.68 bits per heavy atom. The Balaban J connectivity index is 1.79. The van der Waals surface area contributed by atoms with E-state index in [0.717, 1.165) is 46.0 Å². The molecule has 4 rings (SSSR count). The highest BCUT2D eigenvalue weighted by Gasteiger charge is 2.23. The number of rotatable bonds is 7. The summed E-state index contributed by atoms with van der Waals surface area (Å²) < 4.78 is 20.2. The topological polar surface area (TPSA) is 48.5 Å². The van der Waals surface area contributed by atoms with Gasteiger partial charge < -0.3 is 19.5 Å². The summed E-state index contributed by atoms with van der Waals surface area (Å²) in [4.78, 5) is 0. The zero-order valence-electron chi connectivity index (χ0n) is 18.1. The quantitative estimate of drug-likeness (QED) is 0.438. The summed E-state index contributed by atoms with van der Waals surface area (Å²) in [6.45, 7) is 2.09. The zero-order chi connectivity index (χ0) is 21.8. The Kier molecular flexibility index (Phi) is 5.80. The van der Waals surface area contributed by atoms with Crippen LogP contribution in [0.2, 0.25) is 0 Å². The predicted molar refractivity (Wildman–Crippen MR) is 121 cm³/mol. The lowest BCUT2D eigenvalue weighted by atomic mass is 10.3. The molecular weight excluding hydrogens is 390 g/mol. The molecule has 0 atom stereocenters. The van der Waals surface area contributed by atoms with Crippen LogP contribution in [-0.4, -0.2) is 25.9 Å². The third-order valence-electron chi connectivity index (χ3n) is 5.21. The molecule has 0 aliphatic rings. The Morgan fingerprint density at radius 1 is 0.677 bits per heavy atom. The summed E-state index contributed by atoms with van der Waals surface area (Å²) in [5, 5.41) is 3.54. The van der Waals surface area contributed by atoms with Gasteiger partial charge in [0.1, 0.15) is 28.6 Å². The molecule has 6 nitrogen and oxygen atoms in total. The van der Waals surface area contributed by atoms with E-state index in [1.807, 2.05) is 72.8 Å². The van der Waals surface area contributed by atoms with E-state index < -0.39 is 0 Å². The minimum atomic E-state index is 0.820. The molecule has 0 bridgehead atoms. The first kappa shape index (κ1) is 20.3. The smallest absolute Gasteiger partial charge is 0.265 e. The van der Waals surface area contributed by atoms with Crippen LogP contribution in [0.4, 0.5) is 11.5 Å². The molecule has 1 aromatic heterocycles. The second-order valence-electron chi connectivity index (χ2n) is 7.02. The SMILES string of the molecule is COc1ccc(Nc2c[n+](-c3ccc(OC)cc3)c(C)n2-c2ccc(OC)cc2)cc1. The summed E-state index contributed by atoms with van der Waals surface area (Å²) in [7, 11) is 5.01. The van der Waals surface area contributed by atoms with Gasteiger partial charge in [-0.2, -0.15) is 9.13 Å². The molecule has 3 aromatic carbocycles. The number of benzene rings is 3. The lowest BCUT2D eigenvalue weighted by Gasteiger charge is -2.08. The number of anilines is 2. The molecule has 1 N–H and O–H groups in total. The first-order valence-corrected chi connectivity index (χ1v) is 9.97. The Bertz CT molecular complexity index is 1150. The molecule has 6 heteroatoms. The highest BCUT2D eigenvalue weighted by molar-refractivity contribution is 5.59. The first-order valence-electron chi connectivity index (χ1n) is 9.97. The Labute approximate surface area is 182 Å². The molecule has 158 valence electrons. The number of ether oxygens (including phenoxy) is 3. The fraction of sp³-hybridized carbons (Fsp3) is 0.160. The number of imidazole rings is 1. The van der Waals surface area contributed by atoms with E-state index in [1.165, 1.54) is 0 Å². The third kappa shape index (κ3) is 4.19. The van der Waals surface area contributed by atoms with Crippen molar-refractivity contribution in [2.24, 2.45) is 0 Å². The van der Waals surface area contributed by atoms with Gasteiger partial charge >= 0.3 is 0 Å². The number of nitrogens with zero attached hydrogens (tertiary/aromatic N) is 2. The van der Waals surface area contributed by atoms with E-state index in [4.69, 9.17) is 14.2 Å². The third-order valence-corrected chi connectivity index (χ3v) is 5.21. The summed E-state index contributed by atoms with van der Waals surface area (Å²) in [6.07, 6.45) is 2.09. The summed E-state index contributed by atoms with van der Waals surface area (Å²) in [5.41, 5.74) is 3.04. The molecule has 0 fully saturated rings. The average Bonchev–Trinajstić information content (AvgIpc) is 3.15. The molecular formula is C25H26N3O3+. The first-order chi connectivity index (χ1) is 15.1. The predicted octanol–water partition coefficient (Wildman–Crippen LogP) is 4.83. The van der Waals surface area contributed by atoms with Crippen molar-refractivity contribution in [1.82, 2.24) is 4.57 Å². The molecule has 0 saturated carbocycles. The number of aromatic nitrogens is 2. The van der Waals surface area contributed by atoms with Crippen molar-refractivity contribution >= 4 is 11.5 Å². The summed E-state index contributed by atoms with van der Waals surface area (Å²) in [6, 6.07) is 23.9. The fourth-order valence-corrected chi connectivity index (χ4v) is 3.53. The zero-order valence-corrected chi connectivity index (χ0v) is 18.1. The largest absolute Gasteiger partial charge is 0.497 e. The second kappa shape index (κ2) is 8.83. The highest BCUT2D eigenvalue weighted by atomic mass is 16.5. The molecule has 4 aromatic rings. The van der Waals surface area contributed by atoms with E-state index in [9.17, 15) is 0 Å². The van der Waals surface area contributed by atoms with Crippen LogP contribution in [0, 0.1) is 6.92 Å². The number of methoxy groups -OCH3 is 3. The number of hydrogen-bond donors (Lipinski definition) is 1. The van der Waals surface area contributed by atoms with Crippen molar-refractivity contribution in [1.29, 1.82) is 0 Å². The Morgan fingerprint density at radius 2 is 1.16 bits per heavy atom. The van der Waals surface area contributed by atoms with Gasteiger partial charge in [0.15, 0.2) is 6.20 Å². The van der Waals surface area contributed by atoms with Gasteiger partial charge in [-0.15, -0.1) is 0 Å². The minimum Gasteiger partial charge on any atom is -0.497 e. The van der Waals surface area contributed by atoms with Gasteiger partial charge in [0.05, 0.1) is 21.3 Å². The second-order valence-corrected chi connectivity index (χ2v) is 7.02. The molecule has 0 aliphatic heterocycles. The normalized spacial score (nSPS) is 10.6. The summed E-state index contributed by atoms with van der Waals surface area (Å²) in [5.74, 6) is 4.45. The van der Waals surface area contributed by atoms with Crippen LogP contribution >= 0.6 is 0 Å². The Hall–Kier alpha value is -3.93.